The maximum atomic E-state index is 11.8. The minimum atomic E-state index is -0.187. The lowest BCUT2D eigenvalue weighted by molar-refractivity contribution is 0.522. The number of rotatable bonds is 5. The molecule has 0 aliphatic heterocycles. The summed E-state index contributed by atoms with van der Waals surface area (Å²) < 4.78 is 1.37. The zero-order chi connectivity index (χ0) is 12.1. The molecule has 1 heterocycles. The third kappa shape index (κ3) is 2.82. The molecule has 0 unspecified atom stereocenters. The summed E-state index contributed by atoms with van der Waals surface area (Å²) >= 11 is 0. The van der Waals surface area contributed by atoms with Crippen LogP contribution in [0, 0.1) is 13.8 Å². The van der Waals surface area contributed by atoms with E-state index in [0.29, 0.717) is 24.2 Å². The van der Waals surface area contributed by atoms with Gasteiger partial charge in [-0.2, -0.15) is 0 Å². The van der Waals surface area contributed by atoms with Gasteiger partial charge < -0.3 is 5.32 Å². The van der Waals surface area contributed by atoms with Crippen molar-refractivity contribution >= 4 is 0 Å². The second-order valence-corrected chi connectivity index (χ2v) is 3.90. The van der Waals surface area contributed by atoms with Crippen molar-refractivity contribution in [2.24, 2.45) is 0 Å². The zero-order valence-corrected chi connectivity index (χ0v) is 10.1. The second-order valence-electron chi connectivity index (χ2n) is 3.90. The summed E-state index contributed by atoms with van der Waals surface area (Å²) in [7, 11) is 0. The first kappa shape index (κ1) is 12.7. The standard InChI is InChI=1S/C11H19N3O2/c1-4-5-12-6-7-14-11(16)9(3)8(2)10(15)13-14/h12H,4-7H2,1-3H3,(H,13,15). The molecule has 0 saturated carbocycles. The monoisotopic (exact) mass is 225 g/mol. The third-order valence-electron chi connectivity index (χ3n) is 2.64. The molecule has 0 aliphatic rings. The molecule has 5 nitrogen and oxygen atoms in total. The van der Waals surface area contributed by atoms with E-state index in [1.54, 1.807) is 13.8 Å². The van der Waals surface area contributed by atoms with Crippen molar-refractivity contribution in [1.29, 1.82) is 0 Å². The lowest BCUT2D eigenvalue weighted by Crippen LogP contribution is -2.36. The van der Waals surface area contributed by atoms with E-state index < -0.39 is 0 Å². The molecule has 0 saturated heterocycles. The molecule has 0 atom stereocenters. The number of nitrogens with one attached hydrogen (secondary N) is 2. The summed E-state index contributed by atoms with van der Waals surface area (Å²) in [4.78, 5) is 23.2. The van der Waals surface area contributed by atoms with Crippen LogP contribution >= 0.6 is 0 Å². The molecular weight excluding hydrogens is 206 g/mol. The summed E-state index contributed by atoms with van der Waals surface area (Å²) in [5.41, 5.74) is 0.727. The van der Waals surface area contributed by atoms with Crippen molar-refractivity contribution in [1.82, 2.24) is 15.1 Å². The smallest absolute Gasteiger partial charge is 0.268 e. The fraction of sp³-hybridized carbons (Fsp3) is 0.636. The van der Waals surface area contributed by atoms with Gasteiger partial charge >= 0.3 is 0 Å². The molecular formula is C11H19N3O2. The first-order valence-electron chi connectivity index (χ1n) is 5.59. The van der Waals surface area contributed by atoms with Crippen LogP contribution in [0.25, 0.3) is 0 Å². The van der Waals surface area contributed by atoms with Crippen LogP contribution in [-0.2, 0) is 6.54 Å². The van der Waals surface area contributed by atoms with Crippen LogP contribution in [0.15, 0.2) is 9.59 Å². The quantitative estimate of drug-likeness (QED) is 0.701. The molecule has 2 N–H and O–H groups in total. The van der Waals surface area contributed by atoms with E-state index in [1.807, 2.05) is 0 Å². The Bertz CT molecular complexity index is 459. The van der Waals surface area contributed by atoms with Gasteiger partial charge in [0.2, 0.25) is 0 Å². The molecule has 90 valence electrons. The topological polar surface area (TPSA) is 66.9 Å². The molecule has 1 aromatic heterocycles. The van der Waals surface area contributed by atoms with E-state index >= 15 is 0 Å². The predicted octanol–water partition coefficient (Wildman–Crippen LogP) is 0.153. The fourth-order valence-electron chi connectivity index (χ4n) is 1.44. The maximum absolute atomic E-state index is 11.8. The predicted molar refractivity (Wildman–Crippen MR) is 64.0 cm³/mol. The van der Waals surface area contributed by atoms with Gasteiger partial charge in [-0.15, -0.1) is 0 Å². The minimum Gasteiger partial charge on any atom is -0.315 e. The van der Waals surface area contributed by atoms with Crippen LogP contribution in [0.3, 0.4) is 0 Å². The average molecular weight is 225 g/mol. The molecule has 16 heavy (non-hydrogen) atoms. The highest BCUT2D eigenvalue weighted by molar-refractivity contribution is 5.17. The van der Waals surface area contributed by atoms with E-state index in [2.05, 4.69) is 17.3 Å². The van der Waals surface area contributed by atoms with Crippen LogP contribution < -0.4 is 16.4 Å². The van der Waals surface area contributed by atoms with Crippen LogP contribution in [-0.4, -0.2) is 22.9 Å². The Morgan fingerprint density at radius 2 is 1.88 bits per heavy atom. The number of hydrogen-bond acceptors (Lipinski definition) is 3. The van der Waals surface area contributed by atoms with Crippen molar-refractivity contribution in [3.63, 3.8) is 0 Å². The molecule has 0 amide bonds. The van der Waals surface area contributed by atoms with Crippen molar-refractivity contribution in [2.75, 3.05) is 13.1 Å². The largest absolute Gasteiger partial charge is 0.315 e. The molecule has 5 heteroatoms. The Kier molecular flexibility index (Phi) is 4.49. The van der Waals surface area contributed by atoms with E-state index in [4.69, 9.17) is 0 Å². The maximum Gasteiger partial charge on any atom is 0.268 e. The first-order valence-corrected chi connectivity index (χ1v) is 5.59. The van der Waals surface area contributed by atoms with Crippen LogP contribution in [0.4, 0.5) is 0 Å². The highest BCUT2D eigenvalue weighted by Crippen LogP contribution is 1.90. The minimum absolute atomic E-state index is 0.115. The number of nitrogens with zero attached hydrogens (tertiary/aromatic N) is 1. The molecule has 0 bridgehead atoms. The number of H-pyrrole nitrogens is 1. The molecule has 0 aromatic carbocycles. The summed E-state index contributed by atoms with van der Waals surface area (Å²) in [6.45, 7) is 7.53. The summed E-state index contributed by atoms with van der Waals surface area (Å²) in [5.74, 6) is 0. The van der Waals surface area contributed by atoms with Gasteiger partial charge in [-0.05, 0) is 26.8 Å². The van der Waals surface area contributed by atoms with Gasteiger partial charge in [-0.1, -0.05) is 6.92 Å². The molecule has 0 spiro atoms. The van der Waals surface area contributed by atoms with E-state index in [9.17, 15) is 9.59 Å². The normalized spacial score (nSPS) is 10.7. The van der Waals surface area contributed by atoms with Crippen LogP contribution in [0.2, 0.25) is 0 Å². The molecule has 0 radical (unpaired) electrons. The van der Waals surface area contributed by atoms with Crippen LogP contribution in [0.1, 0.15) is 24.5 Å². The SMILES string of the molecule is CCCNCCn1[nH]c(=O)c(C)c(C)c1=O. The van der Waals surface area contributed by atoms with E-state index in [-0.39, 0.29) is 11.1 Å². The second kappa shape index (κ2) is 5.65. The van der Waals surface area contributed by atoms with Crippen molar-refractivity contribution in [3.8, 4) is 0 Å². The summed E-state index contributed by atoms with van der Waals surface area (Å²) in [6.07, 6.45) is 1.05. The molecule has 1 rings (SSSR count). The lowest BCUT2D eigenvalue weighted by Gasteiger charge is -2.08. The number of hydrogen-bond donors (Lipinski definition) is 2. The Morgan fingerprint density at radius 1 is 1.19 bits per heavy atom. The summed E-state index contributed by atoms with van der Waals surface area (Å²) in [5, 5.41) is 5.75. The molecule has 1 aromatic rings. The lowest BCUT2D eigenvalue weighted by atomic mass is 10.2. The van der Waals surface area contributed by atoms with Gasteiger partial charge in [-0.25, -0.2) is 4.68 Å². The number of aromatic amines is 1. The summed E-state index contributed by atoms with van der Waals surface area (Å²) in [6, 6.07) is 0. The van der Waals surface area contributed by atoms with E-state index in [0.717, 1.165) is 13.0 Å². The van der Waals surface area contributed by atoms with Crippen molar-refractivity contribution in [2.45, 2.75) is 33.7 Å². The van der Waals surface area contributed by atoms with Gasteiger partial charge in [0.15, 0.2) is 0 Å². The Labute approximate surface area is 94.5 Å². The Morgan fingerprint density at radius 3 is 2.50 bits per heavy atom. The average Bonchev–Trinajstić information content (AvgIpc) is 2.28. The van der Waals surface area contributed by atoms with Crippen LogP contribution in [0.5, 0.6) is 0 Å². The highest BCUT2D eigenvalue weighted by atomic mass is 16.2. The van der Waals surface area contributed by atoms with Gasteiger partial charge in [0.05, 0.1) is 6.54 Å². The highest BCUT2D eigenvalue weighted by Gasteiger charge is 2.06. The number of aromatic nitrogens is 2. The van der Waals surface area contributed by atoms with Crippen molar-refractivity contribution < 1.29 is 0 Å². The van der Waals surface area contributed by atoms with Gasteiger partial charge in [0.25, 0.3) is 11.1 Å². The first-order chi connectivity index (χ1) is 7.57. The van der Waals surface area contributed by atoms with Gasteiger partial charge in [0, 0.05) is 17.7 Å². The molecule has 0 aliphatic carbocycles. The zero-order valence-electron chi connectivity index (χ0n) is 10.1. The third-order valence-corrected chi connectivity index (χ3v) is 2.64. The molecule has 0 fully saturated rings. The van der Waals surface area contributed by atoms with Gasteiger partial charge in [0.1, 0.15) is 0 Å². The Hall–Kier alpha value is -1.36. The van der Waals surface area contributed by atoms with E-state index in [1.165, 1.54) is 4.68 Å². The fourth-order valence-corrected chi connectivity index (χ4v) is 1.44. The Balaban J connectivity index is 2.82. The van der Waals surface area contributed by atoms with Crippen molar-refractivity contribution in [3.05, 3.63) is 31.8 Å². The van der Waals surface area contributed by atoms with Gasteiger partial charge in [-0.3, -0.25) is 14.7 Å².